The molecule has 3 N–H and O–H groups in total. The summed E-state index contributed by atoms with van der Waals surface area (Å²) in [7, 11) is 1.49. The maximum atomic E-state index is 12.5. The van der Waals surface area contributed by atoms with Crippen molar-refractivity contribution in [2.45, 2.75) is 50.2 Å². The van der Waals surface area contributed by atoms with E-state index in [1.165, 1.54) is 7.11 Å². The molecular weight excluding hydrogens is 448 g/mol. The van der Waals surface area contributed by atoms with Crippen LogP contribution in [0.15, 0.2) is 48.5 Å². The average molecular weight is 481 g/mol. The molecule has 1 unspecified atom stereocenters. The summed E-state index contributed by atoms with van der Waals surface area (Å²) in [5.41, 5.74) is 4.60. The van der Waals surface area contributed by atoms with Crippen molar-refractivity contribution >= 4 is 18.0 Å². The Balaban J connectivity index is 1.24. The minimum Gasteiger partial charge on any atom is -0.481 e. The Morgan fingerprint density at radius 1 is 1.03 bits per heavy atom. The van der Waals surface area contributed by atoms with Crippen LogP contribution < -0.4 is 10.6 Å². The van der Waals surface area contributed by atoms with Crippen LogP contribution in [0.25, 0.3) is 11.1 Å². The molecule has 0 aliphatic heterocycles. The van der Waals surface area contributed by atoms with Crippen molar-refractivity contribution in [3.05, 3.63) is 59.7 Å². The minimum atomic E-state index is -0.849. The summed E-state index contributed by atoms with van der Waals surface area (Å²) in [6.07, 6.45) is 1.52. The molecular formula is C27H32N2O6. The highest BCUT2D eigenvalue weighted by Crippen LogP contribution is 2.44. The number of methoxy groups -OCH3 is 1. The van der Waals surface area contributed by atoms with Crippen LogP contribution in [0.5, 0.6) is 0 Å². The van der Waals surface area contributed by atoms with Crippen molar-refractivity contribution in [3.63, 3.8) is 0 Å². The van der Waals surface area contributed by atoms with Gasteiger partial charge in [-0.2, -0.15) is 0 Å². The van der Waals surface area contributed by atoms with Crippen molar-refractivity contribution < 1.29 is 29.0 Å². The standard InChI is InChI=1S/C27H32N2O6/c1-34-18(14-25(30)29-24-12-6-7-17(24)13-26(31)32)15-28-27(33)35-16-23-21-10-4-2-8-19(21)20-9-3-5-11-22(20)23/h2-5,8-11,17-18,23-24H,6-7,12-16H2,1H3,(H,28,33)(H,29,30)(H,31,32)/t17-,18?,24+/m0/s1. The molecule has 0 spiro atoms. The summed E-state index contributed by atoms with van der Waals surface area (Å²) in [6.45, 7) is 0.342. The van der Waals surface area contributed by atoms with E-state index in [2.05, 4.69) is 34.9 Å². The maximum Gasteiger partial charge on any atom is 0.407 e. The Hall–Kier alpha value is -3.39. The molecule has 2 aliphatic rings. The van der Waals surface area contributed by atoms with Gasteiger partial charge in [0.2, 0.25) is 5.91 Å². The van der Waals surface area contributed by atoms with Gasteiger partial charge in [0, 0.05) is 25.6 Å². The number of rotatable bonds is 10. The van der Waals surface area contributed by atoms with E-state index >= 15 is 0 Å². The van der Waals surface area contributed by atoms with Gasteiger partial charge in [-0.05, 0) is 41.0 Å². The molecule has 2 amide bonds. The second-order valence-corrected chi connectivity index (χ2v) is 9.23. The van der Waals surface area contributed by atoms with Gasteiger partial charge in [0.15, 0.2) is 0 Å². The predicted molar refractivity (Wildman–Crippen MR) is 130 cm³/mol. The summed E-state index contributed by atoms with van der Waals surface area (Å²) in [4.78, 5) is 35.9. The molecule has 0 bridgehead atoms. The zero-order chi connectivity index (χ0) is 24.8. The number of hydrogen-bond donors (Lipinski definition) is 3. The van der Waals surface area contributed by atoms with Crippen molar-refractivity contribution in [2.24, 2.45) is 5.92 Å². The van der Waals surface area contributed by atoms with E-state index in [1.54, 1.807) is 0 Å². The molecule has 2 aromatic rings. The number of nitrogens with one attached hydrogen (secondary N) is 2. The molecule has 0 radical (unpaired) electrons. The fraction of sp³-hybridized carbons (Fsp3) is 0.444. The first kappa shape index (κ1) is 24.7. The van der Waals surface area contributed by atoms with Gasteiger partial charge in [-0.3, -0.25) is 9.59 Å². The lowest BCUT2D eigenvalue weighted by Crippen LogP contribution is -2.42. The number of hydrogen-bond acceptors (Lipinski definition) is 5. The number of carboxylic acids is 1. The zero-order valence-corrected chi connectivity index (χ0v) is 19.9. The third-order valence-electron chi connectivity index (χ3n) is 7.01. The summed E-state index contributed by atoms with van der Waals surface area (Å²) in [5, 5.41) is 14.7. The molecule has 186 valence electrons. The highest BCUT2D eigenvalue weighted by molar-refractivity contribution is 5.79. The van der Waals surface area contributed by atoms with Gasteiger partial charge in [-0.1, -0.05) is 55.0 Å². The molecule has 2 aliphatic carbocycles. The highest BCUT2D eigenvalue weighted by Gasteiger charge is 2.31. The third kappa shape index (κ3) is 6.00. The molecule has 8 nitrogen and oxygen atoms in total. The summed E-state index contributed by atoms with van der Waals surface area (Å²) < 4.78 is 10.9. The monoisotopic (exact) mass is 480 g/mol. The van der Waals surface area contributed by atoms with Crippen LogP contribution in [-0.2, 0) is 19.1 Å². The van der Waals surface area contributed by atoms with Gasteiger partial charge in [-0.15, -0.1) is 0 Å². The molecule has 0 heterocycles. The van der Waals surface area contributed by atoms with E-state index in [0.717, 1.165) is 41.5 Å². The lowest BCUT2D eigenvalue weighted by molar-refractivity contribution is -0.138. The lowest BCUT2D eigenvalue weighted by atomic mass is 9.98. The van der Waals surface area contributed by atoms with Crippen LogP contribution in [0.3, 0.4) is 0 Å². The van der Waals surface area contributed by atoms with Crippen LogP contribution in [0.2, 0.25) is 0 Å². The zero-order valence-electron chi connectivity index (χ0n) is 19.9. The van der Waals surface area contributed by atoms with Gasteiger partial charge in [-0.25, -0.2) is 4.79 Å². The van der Waals surface area contributed by atoms with Crippen molar-refractivity contribution in [1.82, 2.24) is 10.6 Å². The van der Waals surface area contributed by atoms with E-state index in [1.807, 2.05) is 24.3 Å². The lowest BCUT2D eigenvalue weighted by Gasteiger charge is -2.22. The molecule has 0 saturated heterocycles. The maximum absolute atomic E-state index is 12.5. The number of benzene rings is 2. The van der Waals surface area contributed by atoms with Crippen molar-refractivity contribution in [3.8, 4) is 11.1 Å². The minimum absolute atomic E-state index is 0.0256. The fourth-order valence-corrected chi connectivity index (χ4v) is 5.25. The Morgan fingerprint density at radius 3 is 2.31 bits per heavy atom. The van der Waals surface area contributed by atoms with Gasteiger partial charge in [0.05, 0.1) is 18.9 Å². The van der Waals surface area contributed by atoms with Gasteiger partial charge < -0.3 is 25.2 Å². The Labute approximate surface area is 205 Å². The number of alkyl carbamates (subject to hydrolysis) is 1. The third-order valence-corrected chi connectivity index (χ3v) is 7.01. The first-order chi connectivity index (χ1) is 17.0. The molecule has 8 heteroatoms. The number of carbonyl (C=O) groups excluding carboxylic acids is 2. The first-order valence-corrected chi connectivity index (χ1v) is 12.1. The van der Waals surface area contributed by atoms with E-state index < -0.39 is 18.2 Å². The van der Waals surface area contributed by atoms with Crippen LogP contribution in [0.1, 0.15) is 49.1 Å². The number of amides is 2. The quantitative estimate of drug-likeness (QED) is 0.478. The summed E-state index contributed by atoms with van der Waals surface area (Å²) in [5.74, 6) is -1.13. The molecule has 2 aromatic carbocycles. The molecule has 0 aromatic heterocycles. The normalized spacial score (nSPS) is 19.5. The Kier molecular flexibility index (Phi) is 8.02. The average Bonchev–Trinajstić information content (AvgIpc) is 3.41. The number of fused-ring (bicyclic) bond motifs is 3. The van der Waals surface area contributed by atoms with Gasteiger partial charge >= 0.3 is 12.1 Å². The van der Waals surface area contributed by atoms with Gasteiger partial charge in [0.25, 0.3) is 0 Å². The largest absolute Gasteiger partial charge is 0.481 e. The predicted octanol–water partition coefficient (Wildman–Crippen LogP) is 3.69. The smallest absolute Gasteiger partial charge is 0.407 e. The topological polar surface area (TPSA) is 114 Å². The second-order valence-electron chi connectivity index (χ2n) is 9.23. The van der Waals surface area contributed by atoms with Crippen LogP contribution >= 0.6 is 0 Å². The number of carbonyl (C=O) groups is 3. The highest BCUT2D eigenvalue weighted by atomic mass is 16.5. The van der Waals surface area contributed by atoms with E-state index in [4.69, 9.17) is 14.6 Å². The number of aliphatic carboxylic acids is 1. The Bertz CT molecular complexity index is 1030. The van der Waals surface area contributed by atoms with E-state index in [0.29, 0.717) is 0 Å². The molecule has 35 heavy (non-hydrogen) atoms. The summed E-state index contributed by atoms with van der Waals surface area (Å²) in [6, 6.07) is 16.1. The SMILES string of the molecule is COC(CNC(=O)OCC1c2ccccc2-c2ccccc21)CC(=O)N[C@@H]1CCC[C@H]1CC(=O)O. The van der Waals surface area contributed by atoms with Crippen LogP contribution in [0.4, 0.5) is 4.79 Å². The van der Waals surface area contributed by atoms with E-state index in [-0.39, 0.29) is 49.8 Å². The van der Waals surface area contributed by atoms with Crippen LogP contribution in [-0.4, -0.2) is 55.5 Å². The second kappa shape index (κ2) is 11.4. The molecule has 4 rings (SSSR count). The molecule has 3 atom stereocenters. The first-order valence-electron chi connectivity index (χ1n) is 12.1. The molecule has 1 saturated carbocycles. The van der Waals surface area contributed by atoms with Crippen molar-refractivity contribution in [2.75, 3.05) is 20.3 Å². The van der Waals surface area contributed by atoms with Gasteiger partial charge in [0.1, 0.15) is 6.61 Å². The van der Waals surface area contributed by atoms with E-state index in [9.17, 15) is 14.4 Å². The fourth-order valence-electron chi connectivity index (χ4n) is 5.25. The van der Waals surface area contributed by atoms with Crippen LogP contribution in [0, 0.1) is 5.92 Å². The van der Waals surface area contributed by atoms with Crippen molar-refractivity contribution in [1.29, 1.82) is 0 Å². The molecule has 1 fully saturated rings. The number of carboxylic acid groups (broad SMARTS) is 1. The number of ether oxygens (including phenoxy) is 2. The Morgan fingerprint density at radius 2 is 1.69 bits per heavy atom. The summed E-state index contributed by atoms with van der Waals surface area (Å²) >= 11 is 0.